The van der Waals surface area contributed by atoms with Gasteiger partial charge in [-0.3, -0.25) is 9.59 Å². The highest BCUT2D eigenvalue weighted by atomic mass is 16.6. The minimum atomic E-state index is -0.646. The number of rotatable bonds is 4. The number of esters is 1. The fourth-order valence-corrected chi connectivity index (χ4v) is 7.35. The molecule has 0 radical (unpaired) electrons. The number of ether oxygens (including phenoxy) is 1. The molecule has 7 heteroatoms. The van der Waals surface area contributed by atoms with E-state index in [1.165, 1.54) is 0 Å². The van der Waals surface area contributed by atoms with Crippen molar-refractivity contribution in [3.8, 4) is 6.07 Å². The summed E-state index contributed by atoms with van der Waals surface area (Å²) in [5.41, 5.74) is 11.6. The second kappa shape index (κ2) is 5.93. The molecule has 0 aromatic carbocycles. The van der Waals surface area contributed by atoms with Crippen molar-refractivity contribution in [1.82, 2.24) is 4.90 Å². The van der Waals surface area contributed by atoms with Crippen LogP contribution in [0.25, 0.3) is 0 Å². The molecule has 1 saturated heterocycles. The number of hydrogen-bond acceptors (Lipinski definition) is 6. The number of nitrogens with two attached hydrogens (primary N) is 2. The fourth-order valence-electron chi connectivity index (χ4n) is 7.35. The lowest BCUT2D eigenvalue weighted by Crippen LogP contribution is -2.66. The van der Waals surface area contributed by atoms with Gasteiger partial charge >= 0.3 is 5.97 Å². The summed E-state index contributed by atoms with van der Waals surface area (Å²) < 4.78 is 5.97. The highest BCUT2D eigenvalue weighted by Gasteiger charge is 2.64. The molecule has 5 saturated carbocycles. The van der Waals surface area contributed by atoms with Crippen molar-refractivity contribution in [3.63, 3.8) is 0 Å². The summed E-state index contributed by atoms with van der Waals surface area (Å²) in [6.07, 6.45) is 7.14. The third-order valence-electron chi connectivity index (χ3n) is 8.18. The summed E-state index contributed by atoms with van der Waals surface area (Å²) in [6.45, 7) is 1.65. The van der Waals surface area contributed by atoms with Crippen LogP contribution in [0.1, 0.15) is 58.3 Å². The van der Waals surface area contributed by atoms with Crippen molar-refractivity contribution in [2.24, 2.45) is 34.6 Å². The van der Waals surface area contributed by atoms with Crippen molar-refractivity contribution in [1.29, 1.82) is 5.26 Å². The van der Waals surface area contributed by atoms with Crippen LogP contribution >= 0.6 is 0 Å². The van der Waals surface area contributed by atoms with E-state index in [2.05, 4.69) is 6.07 Å². The molecule has 7 atom stereocenters. The lowest BCUT2D eigenvalue weighted by atomic mass is 9.46. The van der Waals surface area contributed by atoms with Crippen LogP contribution < -0.4 is 11.5 Å². The summed E-state index contributed by atoms with van der Waals surface area (Å²) in [5.74, 6) is 0.949. The van der Waals surface area contributed by atoms with Gasteiger partial charge in [-0.2, -0.15) is 5.26 Å². The van der Waals surface area contributed by atoms with E-state index >= 15 is 0 Å². The minimum Gasteiger partial charge on any atom is -0.458 e. The van der Waals surface area contributed by atoms with Crippen LogP contribution in [0.3, 0.4) is 0 Å². The molecular formula is C21H30N4O3. The van der Waals surface area contributed by atoms with Crippen LogP contribution in [0, 0.1) is 34.5 Å². The number of likely N-dealkylation sites (tertiary alicyclic amines) is 1. The van der Waals surface area contributed by atoms with Crippen LogP contribution in [-0.2, 0) is 14.3 Å². The molecule has 1 heterocycles. The van der Waals surface area contributed by atoms with Crippen molar-refractivity contribution in [2.45, 2.75) is 88.1 Å². The number of carbonyl (C=O) groups excluding carboxylic acids is 2. The molecule has 7 nitrogen and oxygen atoms in total. The van der Waals surface area contributed by atoms with Gasteiger partial charge in [0.2, 0.25) is 5.91 Å². The van der Waals surface area contributed by atoms with E-state index in [1.54, 1.807) is 11.8 Å². The average molecular weight is 386 g/mol. The molecule has 152 valence electrons. The molecular weight excluding hydrogens is 356 g/mol. The number of nitriles is 1. The zero-order valence-electron chi connectivity index (χ0n) is 16.5. The maximum atomic E-state index is 13.4. The van der Waals surface area contributed by atoms with Gasteiger partial charge in [-0.25, -0.2) is 0 Å². The second-order valence-corrected chi connectivity index (χ2v) is 10.4. The Kier molecular flexibility index (Phi) is 3.89. The molecule has 6 fully saturated rings. The Labute approximate surface area is 165 Å². The molecule has 6 aliphatic rings. The lowest BCUT2D eigenvalue weighted by molar-refractivity contribution is -0.206. The van der Waals surface area contributed by atoms with Crippen LogP contribution in [0.2, 0.25) is 0 Å². The topological polar surface area (TPSA) is 122 Å². The summed E-state index contributed by atoms with van der Waals surface area (Å²) in [5, 5.41) is 9.48. The Morgan fingerprint density at radius 3 is 2.43 bits per heavy atom. The predicted molar refractivity (Wildman–Crippen MR) is 100 cm³/mol. The van der Waals surface area contributed by atoms with E-state index < -0.39 is 17.7 Å². The fraction of sp³-hybridized carbons (Fsp3) is 0.857. The van der Waals surface area contributed by atoms with Gasteiger partial charge in [0.25, 0.3) is 0 Å². The smallest absolute Gasteiger partial charge is 0.323 e. The van der Waals surface area contributed by atoms with E-state index in [9.17, 15) is 14.9 Å². The van der Waals surface area contributed by atoms with Gasteiger partial charge in [-0.1, -0.05) is 0 Å². The van der Waals surface area contributed by atoms with Crippen molar-refractivity contribution < 1.29 is 14.3 Å². The van der Waals surface area contributed by atoms with Gasteiger partial charge < -0.3 is 21.1 Å². The summed E-state index contributed by atoms with van der Waals surface area (Å²) in [4.78, 5) is 27.5. The van der Waals surface area contributed by atoms with E-state index in [0.29, 0.717) is 24.2 Å². The van der Waals surface area contributed by atoms with E-state index in [1.807, 2.05) is 0 Å². The quantitative estimate of drug-likeness (QED) is 0.697. The van der Waals surface area contributed by atoms with Crippen molar-refractivity contribution >= 4 is 11.9 Å². The molecule has 5 aliphatic carbocycles. The molecule has 1 aliphatic heterocycles. The van der Waals surface area contributed by atoms with Gasteiger partial charge in [0.05, 0.1) is 12.1 Å². The van der Waals surface area contributed by atoms with Gasteiger partial charge in [0.1, 0.15) is 17.7 Å². The highest BCUT2D eigenvalue weighted by molar-refractivity contribution is 5.84. The standard InChI is InChI=1S/C21H30N4O3/c1-11(23)19(27)28-21-7-12-2-13(8-21)6-20(5-12,10-21)17(24)18(26)25-15(9-22)3-14-4-16(14)25/h11-17H,2-8,10,23-24H2,1H3. The van der Waals surface area contributed by atoms with Crippen LogP contribution in [-0.4, -0.2) is 46.5 Å². The number of amides is 1. The summed E-state index contributed by atoms with van der Waals surface area (Å²) in [6, 6.07) is 0.905. The number of hydrogen-bond donors (Lipinski definition) is 2. The summed E-state index contributed by atoms with van der Waals surface area (Å²) in [7, 11) is 0. The Bertz CT molecular complexity index is 745. The monoisotopic (exact) mass is 386 g/mol. The molecule has 0 aromatic rings. The van der Waals surface area contributed by atoms with Crippen molar-refractivity contribution in [3.05, 3.63) is 0 Å². The first-order valence-electron chi connectivity index (χ1n) is 10.7. The Morgan fingerprint density at radius 1 is 1.14 bits per heavy atom. The molecule has 1 amide bonds. The minimum absolute atomic E-state index is 0.0628. The van der Waals surface area contributed by atoms with Gasteiger partial charge in [0, 0.05) is 6.04 Å². The number of nitrogens with zero attached hydrogens (tertiary/aromatic N) is 2. The molecule has 4 bridgehead atoms. The normalized spacial score (nSPS) is 47.2. The Morgan fingerprint density at radius 2 is 1.82 bits per heavy atom. The number of fused-ring (bicyclic) bond motifs is 1. The zero-order valence-corrected chi connectivity index (χ0v) is 16.5. The first-order chi connectivity index (χ1) is 13.3. The van der Waals surface area contributed by atoms with E-state index in [-0.39, 0.29) is 29.4 Å². The zero-order chi connectivity index (χ0) is 19.8. The van der Waals surface area contributed by atoms with E-state index in [0.717, 1.165) is 44.9 Å². The molecule has 28 heavy (non-hydrogen) atoms. The average Bonchev–Trinajstić information content (AvgIpc) is 3.28. The molecule has 0 aromatic heterocycles. The summed E-state index contributed by atoms with van der Waals surface area (Å²) >= 11 is 0. The SMILES string of the molecule is CC(N)C(=O)OC12CC3CC(C1)CC(C(N)C(=O)N1C(C#N)CC4CC41)(C3)C2. The highest BCUT2D eigenvalue weighted by Crippen LogP contribution is 2.64. The Balaban J connectivity index is 1.40. The van der Waals surface area contributed by atoms with Crippen molar-refractivity contribution in [2.75, 3.05) is 0 Å². The van der Waals surface area contributed by atoms with Crippen LogP contribution in [0.15, 0.2) is 0 Å². The number of piperidine rings is 1. The predicted octanol–water partition coefficient (Wildman–Crippen LogP) is 1.06. The van der Waals surface area contributed by atoms with Crippen LogP contribution in [0.4, 0.5) is 0 Å². The lowest BCUT2D eigenvalue weighted by Gasteiger charge is -2.62. The van der Waals surface area contributed by atoms with Gasteiger partial charge in [-0.05, 0) is 81.5 Å². The van der Waals surface area contributed by atoms with Crippen LogP contribution in [0.5, 0.6) is 0 Å². The number of carbonyl (C=O) groups is 2. The Hall–Kier alpha value is -1.65. The van der Waals surface area contributed by atoms with Gasteiger partial charge in [-0.15, -0.1) is 0 Å². The maximum absolute atomic E-state index is 13.4. The third kappa shape index (κ3) is 2.61. The third-order valence-corrected chi connectivity index (χ3v) is 8.18. The van der Waals surface area contributed by atoms with E-state index in [4.69, 9.17) is 16.2 Å². The first-order valence-corrected chi connectivity index (χ1v) is 10.7. The maximum Gasteiger partial charge on any atom is 0.323 e. The largest absolute Gasteiger partial charge is 0.458 e. The molecule has 4 N–H and O–H groups in total. The first kappa shape index (κ1) is 18.4. The molecule has 0 spiro atoms. The second-order valence-electron chi connectivity index (χ2n) is 10.4. The van der Waals surface area contributed by atoms with Gasteiger partial charge in [0.15, 0.2) is 0 Å². The molecule has 6 rings (SSSR count). The molecule has 7 unspecified atom stereocenters.